The summed E-state index contributed by atoms with van der Waals surface area (Å²) in [5.41, 5.74) is 0. The van der Waals surface area contributed by atoms with Crippen molar-refractivity contribution in [3.63, 3.8) is 0 Å². The molecule has 0 radical (unpaired) electrons. The molecule has 2 N–H and O–H groups in total. The van der Waals surface area contributed by atoms with Crippen LogP contribution in [0, 0.1) is 0 Å². The van der Waals surface area contributed by atoms with E-state index in [1.165, 1.54) is 18.2 Å². The zero-order valence-corrected chi connectivity index (χ0v) is 10.0. The average molecular weight is 285 g/mol. The van der Waals surface area contributed by atoms with Gasteiger partial charge in [-0.3, -0.25) is 9.11 Å². The zero-order chi connectivity index (χ0) is 12.3. The maximum atomic E-state index is 11.6. The maximum Gasteiger partial charge on any atom is 0.269 e. The molecule has 0 fully saturated rings. The predicted molar refractivity (Wildman–Crippen MR) is 57.0 cm³/mol. The van der Waals surface area contributed by atoms with Crippen molar-refractivity contribution in [2.24, 2.45) is 0 Å². The first kappa shape index (κ1) is 13.4. The van der Waals surface area contributed by atoms with Gasteiger partial charge in [-0.2, -0.15) is 0 Å². The Morgan fingerprint density at radius 1 is 1.00 bits per heavy atom. The lowest BCUT2D eigenvalue weighted by molar-refractivity contribution is 0.500. The molecule has 0 aliphatic heterocycles. The van der Waals surface area contributed by atoms with Crippen LogP contribution in [0.3, 0.4) is 0 Å². The third-order valence-electron chi connectivity index (χ3n) is 1.49. The molecule has 0 aliphatic rings. The molecule has 0 saturated heterocycles. The van der Waals surface area contributed by atoms with Crippen molar-refractivity contribution < 1.29 is 25.9 Å². The summed E-state index contributed by atoms with van der Waals surface area (Å²) in [4.78, 5) is -0.347. The molecule has 2 unspecified atom stereocenters. The molecule has 1 rings (SSSR count). The Kier molecular flexibility index (Phi) is 4.29. The van der Waals surface area contributed by atoms with E-state index < -0.39 is 35.7 Å². The van der Waals surface area contributed by atoms with E-state index in [1.807, 2.05) is 0 Å². The fourth-order valence-electron chi connectivity index (χ4n) is 0.901. The molecule has 0 spiro atoms. The molecule has 0 bridgehead atoms. The third kappa shape index (κ3) is 2.72. The summed E-state index contributed by atoms with van der Waals surface area (Å²) in [5, 5.41) is 0. The van der Waals surface area contributed by atoms with Crippen LogP contribution >= 0.6 is 0 Å². The molecular formula is C6H7NO6S3. The molecule has 16 heavy (non-hydrogen) atoms. The minimum atomic E-state index is -4.47. The molecule has 2 atom stereocenters. The van der Waals surface area contributed by atoms with Crippen LogP contribution in [-0.4, -0.2) is 29.1 Å². The van der Waals surface area contributed by atoms with Gasteiger partial charge >= 0.3 is 0 Å². The van der Waals surface area contributed by atoms with Gasteiger partial charge in [-0.05, 0) is 12.1 Å². The maximum absolute atomic E-state index is 11.6. The van der Waals surface area contributed by atoms with Crippen LogP contribution in [0.2, 0.25) is 0 Å². The molecule has 1 aromatic carbocycles. The van der Waals surface area contributed by atoms with Crippen LogP contribution in [0.5, 0.6) is 0 Å². The van der Waals surface area contributed by atoms with Crippen molar-refractivity contribution in [1.82, 2.24) is 3.12 Å². The van der Waals surface area contributed by atoms with Crippen LogP contribution in [0.1, 0.15) is 0 Å². The normalized spacial score (nSPS) is 15.9. The molecule has 0 saturated carbocycles. The fourth-order valence-corrected chi connectivity index (χ4v) is 3.87. The van der Waals surface area contributed by atoms with Gasteiger partial charge in [0.25, 0.3) is 32.6 Å². The van der Waals surface area contributed by atoms with Gasteiger partial charge in [0.1, 0.15) is 0 Å². The van der Waals surface area contributed by atoms with Gasteiger partial charge in [0.05, 0.1) is 4.90 Å². The second-order valence-electron chi connectivity index (χ2n) is 2.47. The van der Waals surface area contributed by atoms with Gasteiger partial charge in [-0.1, -0.05) is 18.2 Å². The van der Waals surface area contributed by atoms with Crippen molar-refractivity contribution >= 4 is 32.6 Å². The van der Waals surface area contributed by atoms with E-state index in [1.54, 1.807) is 0 Å². The Morgan fingerprint density at radius 2 is 1.44 bits per heavy atom. The monoisotopic (exact) mass is 285 g/mol. The van der Waals surface area contributed by atoms with E-state index in [9.17, 15) is 16.8 Å². The highest BCUT2D eigenvalue weighted by Gasteiger charge is 2.34. The topological polar surface area (TPSA) is 112 Å². The van der Waals surface area contributed by atoms with Gasteiger partial charge in [-0.25, -0.2) is 16.8 Å². The highest BCUT2D eigenvalue weighted by Crippen LogP contribution is 2.17. The fraction of sp³-hybridized carbons (Fsp3) is 0. The lowest BCUT2D eigenvalue weighted by Crippen LogP contribution is -2.33. The second-order valence-corrected chi connectivity index (χ2v) is 6.61. The smallest absolute Gasteiger partial charge is 0.269 e. The number of sulfonamides is 1. The number of hydrogen-bond acceptors (Lipinski definition) is 4. The first-order chi connectivity index (χ1) is 7.37. The minimum Gasteiger partial charge on any atom is -0.292 e. The molecular weight excluding hydrogens is 278 g/mol. The largest absolute Gasteiger partial charge is 0.292 e. The summed E-state index contributed by atoms with van der Waals surface area (Å²) in [6.45, 7) is 0. The highest BCUT2D eigenvalue weighted by atomic mass is 32.3. The van der Waals surface area contributed by atoms with E-state index >= 15 is 0 Å². The van der Waals surface area contributed by atoms with Crippen LogP contribution in [0.25, 0.3) is 0 Å². The van der Waals surface area contributed by atoms with E-state index in [-0.39, 0.29) is 4.90 Å². The van der Waals surface area contributed by atoms with E-state index in [0.717, 1.165) is 12.1 Å². The van der Waals surface area contributed by atoms with E-state index in [0.29, 0.717) is 0 Å². The third-order valence-corrected chi connectivity index (χ3v) is 5.97. The Labute approximate surface area is 97.0 Å². The first-order valence-electron chi connectivity index (χ1n) is 3.69. The van der Waals surface area contributed by atoms with Crippen LogP contribution in [-0.2, 0) is 32.6 Å². The number of rotatable bonds is 4. The lowest BCUT2D eigenvalue weighted by Gasteiger charge is -2.12. The number of hydrogen-bond donors (Lipinski definition) is 2. The van der Waals surface area contributed by atoms with Crippen LogP contribution in [0.4, 0.5) is 0 Å². The van der Waals surface area contributed by atoms with Crippen molar-refractivity contribution in [2.75, 3.05) is 0 Å². The van der Waals surface area contributed by atoms with Gasteiger partial charge in [0.15, 0.2) is 0 Å². The molecule has 0 heterocycles. The Bertz CT molecular complexity index is 498. The molecule has 0 amide bonds. The van der Waals surface area contributed by atoms with Gasteiger partial charge in [0.2, 0.25) is 0 Å². The highest BCUT2D eigenvalue weighted by molar-refractivity contribution is 8.10. The van der Waals surface area contributed by atoms with Crippen LogP contribution in [0.15, 0.2) is 35.2 Å². The van der Waals surface area contributed by atoms with Gasteiger partial charge < -0.3 is 0 Å². The molecule has 0 aromatic heterocycles. The quantitative estimate of drug-likeness (QED) is 0.750. The van der Waals surface area contributed by atoms with Crippen molar-refractivity contribution in [3.8, 4) is 0 Å². The summed E-state index contributed by atoms with van der Waals surface area (Å²) in [6.07, 6.45) is 0. The predicted octanol–water partition coefficient (Wildman–Crippen LogP) is -0.0493. The van der Waals surface area contributed by atoms with Gasteiger partial charge in [0, 0.05) is 3.12 Å². The number of benzene rings is 1. The molecule has 7 nitrogen and oxygen atoms in total. The summed E-state index contributed by atoms with van der Waals surface area (Å²) in [6, 6.07) is 6.58. The Balaban J connectivity index is 3.31. The Morgan fingerprint density at radius 3 is 1.81 bits per heavy atom. The number of nitrogens with zero attached hydrogens (tertiary/aromatic N) is 1. The first-order valence-corrected chi connectivity index (χ1v) is 7.26. The molecule has 10 heteroatoms. The van der Waals surface area contributed by atoms with Crippen molar-refractivity contribution in [2.45, 2.75) is 4.90 Å². The molecule has 1 aromatic rings. The zero-order valence-electron chi connectivity index (χ0n) is 7.59. The average Bonchev–Trinajstić information content (AvgIpc) is 2.17. The Hall–Kier alpha value is -0.650. The summed E-state index contributed by atoms with van der Waals surface area (Å²) >= 11 is -6.22. The SMILES string of the molecule is O=S(O)N(S(=O)O)S(=O)(=O)c1ccccc1. The summed E-state index contributed by atoms with van der Waals surface area (Å²) in [5.74, 6) is 0. The lowest BCUT2D eigenvalue weighted by atomic mass is 10.4. The second kappa shape index (κ2) is 5.12. The summed E-state index contributed by atoms with van der Waals surface area (Å²) < 4.78 is 61.5. The standard InChI is InChI=1S/C6H7NO6S3/c8-14(9)7(15(10)11)16(12,13)6-4-2-1-3-5-6/h1-5H,(H,8,9)(H,10,11). The van der Waals surface area contributed by atoms with E-state index in [2.05, 4.69) is 0 Å². The molecule has 90 valence electrons. The van der Waals surface area contributed by atoms with Crippen molar-refractivity contribution in [3.05, 3.63) is 30.3 Å². The minimum absolute atomic E-state index is 0.347. The van der Waals surface area contributed by atoms with Gasteiger partial charge in [-0.15, -0.1) is 0 Å². The van der Waals surface area contributed by atoms with Crippen molar-refractivity contribution in [1.29, 1.82) is 0 Å². The molecule has 0 aliphatic carbocycles. The van der Waals surface area contributed by atoms with Crippen LogP contribution < -0.4 is 0 Å². The van der Waals surface area contributed by atoms with E-state index in [4.69, 9.17) is 9.11 Å². The summed E-state index contributed by atoms with van der Waals surface area (Å²) in [7, 11) is -4.47.